The minimum absolute atomic E-state index is 0.459. The highest BCUT2D eigenvalue weighted by Crippen LogP contribution is 2.09. The Morgan fingerprint density at radius 1 is 1.25 bits per heavy atom. The normalized spacial score (nSPS) is 12.5. The van der Waals surface area contributed by atoms with Crippen molar-refractivity contribution in [1.29, 1.82) is 0 Å². The van der Waals surface area contributed by atoms with Gasteiger partial charge in [0.2, 0.25) is 0 Å². The lowest BCUT2D eigenvalue weighted by Crippen LogP contribution is -2.29. The Morgan fingerprint density at radius 3 is 2.75 bits per heavy atom. The number of aryl methyl sites for hydroxylation is 2. The zero-order chi connectivity index (χ0) is 14.2. The SMILES string of the molecule is CCCn1ccnc1CC(CCc1ccncc1)NC. The van der Waals surface area contributed by atoms with Gasteiger partial charge in [-0.2, -0.15) is 0 Å². The number of rotatable bonds is 8. The Morgan fingerprint density at radius 2 is 2.05 bits per heavy atom. The van der Waals surface area contributed by atoms with Crippen LogP contribution in [0.5, 0.6) is 0 Å². The van der Waals surface area contributed by atoms with Crippen molar-refractivity contribution < 1.29 is 0 Å². The number of likely N-dealkylation sites (N-methyl/N-ethyl adjacent to an activating group) is 1. The molecule has 0 spiro atoms. The molecule has 2 rings (SSSR count). The number of aromatic nitrogens is 3. The summed E-state index contributed by atoms with van der Waals surface area (Å²) in [6.07, 6.45) is 12.0. The van der Waals surface area contributed by atoms with Gasteiger partial charge < -0.3 is 9.88 Å². The first-order chi connectivity index (χ1) is 9.83. The molecule has 1 atom stereocenters. The van der Waals surface area contributed by atoms with Gasteiger partial charge in [-0.25, -0.2) is 4.98 Å². The monoisotopic (exact) mass is 272 g/mol. The number of pyridine rings is 1. The summed E-state index contributed by atoms with van der Waals surface area (Å²) in [5, 5.41) is 3.41. The molecule has 1 unspecified atom stereocenters. The molecule has 0 aliphatic heterocycles. The van der Waals surface area contributed by atoms with Crippen LogP contribution in [0.15, 0.2) is 36.9 Å². The van der Waals surface area contributed by atoms with Crippen molar-refractivity contribution in [2.75, 3.05) is 7.05 Å². The predicted octanol–water partition coefficient (Wildman–Crippen LogP) is 2.45. The zero-order valence-corrected chi connectivity index (χ0v) is 12.4. The van der Waals surface area contributed by atoms with E-state index in [4.69, 9.17) is 0 Å². The molecular weight excluding hydrogens is 248 g/mol. The third kappa shape index (κ3) is 4.17. The number of nitrogens with one attached hydrogen (secondary N) is 1. The molecule has 0 fully saturated rings. The second kappa shape index (κ2) is 7.80. The molecule has 108 valence electrons. The van der Waals surface area contributed by atoms with Gasteiger partial charge in [-0.05, 0) is 44.0 Å². The first-order valence-electron chi connectivity index (χ1n) is 7.39. The highest BCUT2D eigenvalue weighted by molar-refractivity contribution is 5.10. The fourth-order valence-electron chi connectivity index (χ4n) is 2.43. The Labute approximate surface area is 121 Å². The van der Waals surface area contributed by atoms with Crippen molar-refractivity contribution in [3.63, 3.8) is 0 Å². The summed E-state index contributed by atoms with van der Waals surface area (Å²) in [4.78, 5) is 8.55. The quantitative estimate of drug-likeness (QED) is 0.802. The van der Waals surface area contributed by atoms with Gasteiger partial charge >= 0.3 is 0 Å². The molecule has 4 heteroatoms. The summed E-state index contributed by atoms with van der Waals surface area (Å²) < 4.78 is 2.26. The third-order valence-electron chi connectivity index (χ3n) is 3.63. The van der Waals surface area contributed by atoms with Gasteiger partial charge in [0.25, 0.3) is 0 Å². The predicted molar refractivity (Wildman–Crippen MR) is 81.6 cm³/mol. The molecule has 0 saturated carbocycles. The van der Waals surface area contributed by atoms with Crippen LogP contribution in [-0.2, 0) is 19.4 Å². The molecule has 1 N–H and O–H groups in total. The molecule has 0 aliphatic carbocycles. The maximum Gasteiger partial charge on any atom is 0.110 e. The average Bonchev–Trinajstić information content (AvgIpc) is 2.92. The number of nitrogens with zero attached hydrogens (tertiary/aromatic N) is 3. The second-order valence-corrected chi connectivity index (χ2v) is 5.12. The van der Waals surface area contributed by atoms with Crippen LogP contribution in [0.25, 0.3) is 0 Å². The van der Waals surface area contributed by atoms with E-state index in [1.807, 2.05) is 25.6 Å². The minimum Gasteiger partial charge on any atom is -0.335 e. The van der Waals surface area contributed by atoms with E-state index in [1.165, 1.54) is 11.4 Å². The van der Waals surface area contributed by atoms with E-state index in [1.54, 1.807) is 0 Å². The molecular formula is C16H24N4. The van der Waals surface area contributed by atoms with E-state index >= 15 is 0 Å². The summed E-state index contributed by atoms with van der Waals surface area (Å²) in [5.74, 6) is 1.18. The molecule has 0 saturated heterocycles. The Balaban J connectivity index is 1.90. The van der Waals surface area contributed by atoms with Gasteiger partial charge in [0.1, 0.15) is 5.82 Å². The van der Waals surface area contributed by atoms with Crippen molar-refractivity contribution in [3.05, 3.63) is 48.3 Å². The Kier molecular flexibility index (Phi) is 5.74. The summed E-state index contributed by atoms with van der Waals surface area (Å²) in [6, 6.07) is 4.64. The first kappa shape index (κ1) is 14.7. The molecule has 0 radical (unpaired) electrons. The van der Waals surface area contributed by atoms with Crippen molar-refractivity contribution in [2.45, 2.75) is 45.2 Å². The number of hydrogen-bond acceptors (Lipinski definition) is 3. The topological polar surface area (TPSA) is 42.7 Å². The van der Waals surface area contributed by atoms with Gasteiger partial charge in [-0.1, -0.05) is 6.92 Å². The van der Waals surface area contributed by atoms with Gasteiger partial charge in [0.15, 0.2) is 0 Å². The van der Waals surface area contributed by atoms with E-state index in [9.17, 15) is 0 Å². The van der Waals surface area contributed by atoms with Crippen LogP contribution < -0.4 is 5.32 Å². The fourth-order valence-corrected chi connectivity index (χ4v) is 2.43. The molecule has 0 aromatic carbocycles. The van der Waals surface area contributed by atoms with Crippen molar-refractivity contribution >= 4 is 0 Å². The first-order valence-corrected chi connectivity index (χ1v) is 7.39. The molecule has 4 nitrogen and oxygen atoms in total. The van der Waals surface area contributed by atoms with E-state index in [2.05, 4.69) is 45.1 Å². The summed E-state index contributed by atoms with van der Waals surface area (Å²) in [7, 11) is 2.03. The number of imidazole rings is 1. The molecule has 20 heavy (non-hydrogen) atoms. The van der Waals surface area contributed by atoms with Crippen LogP contribution in [-0.4, -0.2) is 27.6 Å². The smallest absolute Gasteiger partial charge is 0.110 e. The largest absolute Gasteiger partial charge is 0.335 e. The lowest BCUT2D eigenvalue weighted by Gasteiger charge is -2.16. The molecule has 2 heterocycles. The fraction of sp³-hybridized carbons (Fsp3) is 0.500. The molecule has 2 aromatic rings. The van der Waals surface area contributed by atoms with Gasteiger partial charge in [0, 0.05) is 43.8 Å². The molecule has 2 aromatic heterocycles. The summed E-state index contributed by atoms with van der Waals surface area (Å²) >= 11 is 0. The summed E-state index contributed by atoms with van der Waals surface area (Å²) in [6.45, 7) is 3.25. The van der Waals surface area contributed by atoms with Crippen LogP contribution in [0.1, 0.15) is 31.2 Å². The third-order valence-corrected chi connectivity index (χ3v) is 3.63. The van der Waals surface area contributed by atoms with Crippen LogP contribution in [0.3, 0.4) is 0 Å². The summed E-state index contributed by atoms with van der Waals surface area (Å²) in [5.41, 5.74) is 1.34. The lowest BCUT2D eigenvalue weighted by molar-refractivity contribution is 0.493. The van der Waals surface area contributed by atoms with Crippen LogP contribution in [0.4, 0.5) is 0 Å². The van der Waals surface area contributed by atoms with E-state index < -0.39 is 0 Å². The lowest BCUT2D eigenvalue weighted by atomic mass is 10.0. The zero-order valence-electron chi connectivity index (χ0n) is 12.4. The van der Waals surface area contributed by atoms with Crippen molar-refractivity contribution in [1.82, 2.24) is 19.9 Å². The van der Waals surface area contributed by atoms with Crippen molar-refractivity contribution in [3.8, 4) is 0 Å². The standard InChI is InChI=1S/C16H24N4/c1-3-11-20-12-10-19-16(20)13-15(17-2)5-4-14-6-8-18-9-7-14/h6-10,12,15,17H,3-5,11,13H2,1-2H3. The molecule has 0 amide bonds. The van der Waals surface area contributed by atoms with Crippen LogP contribution in [0, 0.1) is 0 Å². The van der Waals surface area contributed by atoms with Crippen molar-refractivity contribution in [2.24, 2.45) is 0 Å². The Bertz CT molecular complexity index is 492. The van der Waals surface area contributed by atoms with Gasteiger partial charge in [-0.15, -0.1) is 0 Å². The molecule has 0 aliphatic rings. The molecule has 0 bridgehead atoms. The highest BCUT2D eigenvalue weighted by atomic mass is 15.1. The van der Waals surface area contributed by atoms with Crippen LogP contribution >= 0.6 is 0 Å². The van der Waals surface area contributed by atoms with Gasteiger partial charge in [0.05, 0.1) is 0 Å². The average molecular weight is 272 g/mol. The second-order valence-electron chi connectivity index (χ2n) is 5.12. The minimum atomic E-state index is 0.459. The maximum atomic E-state index is 4.49. The maximum absolute atomic E-state index is 4.49. The highest BCUT2D eigenvalue weighted by Gasteiger charge is 2.11. The van der Waals surface area contributed by atoms with Gasteiger partial charge in [-0.3, -0.25) is 4.98 Å². The van der Waals surface area contributed by atoms with Crippen LogP contribution in [0.2, 0.25) is 0 Å². The Hall–Kier alpha value is -1.68. The van der Waals surface area contributed by atoms with E-state index in [0.29, 0.717) is 6.04 Å². The van der Waals surface area contributed by atoms with E-state index in [-0.39, 0.29) is 0 Å². The van der Waals surface area contributed by atoms with E-state index in [0.717, 1.165) is 32.2 Å². The number of hydrogen-bond donors (Lipinski definition) is 1.